The number of nitrogens with zero attached hydrogens (tertiary/aromatic N) is 2. The SMILES string of the molecule is Cc1ncccc1NS(=O)(=O)c1cc([N+](=O)[O-])c(Cl)s1. The van der Waals surface area contributed by atoms with Gasteiger partial charge >= 0.3 is 0 Å². The van der Waals surface area contributed by atoms with E-state index in [1.54, 1.807) is 19.1 Å². The zero-order chi connectivity index (χ0) is 14.9. The lowest BCUT2D eigenvalue weighted by Crippen LogP contribution is -2.12. The van der Waals surface area contributed by atoms with E-state index in [4.69, 9.17) is 11.6 Å². The molecule has 7 nitrogen and oxygen atoms in total. The van der Waals surface area contributed by atoms with Gasteiger partial charge in [0.05, 0.1) is 16.3 Å². The maximum absolute atomic E-state index is 12.1. The van der Waals surface area contributed by atoms with Crippen LogP contribution in [0.4, 0.5) is 11.4 Å². The van der Waals surface area contributed by atoms with Crippen molar-refractivity contribution in [3.63, 3.8) is 0 Å². The van der Waals surface area contributed by atoms with Crippen LogP contribution in [0.25, 0.3) is 0 Å². The monoisotopic (exact) mass is 333 g/mol. The molecule has 0 aliphatic rings. The minimum absolute atomic E-state index is 0.182. The molecular weight excluding hydrogens is 326 g/mol. The number of aromatic nitrogens is 1. The van der Waals surface area contributed by atoms with Crippen molar-refractivity contribution in [1.82, 2.24) is 4.98 Å². The lowest BCUT2D eigenvalue weighted by Gasteiger charge is -2.07. The molecule has 0 amide bonds. The van der Waals surface area contributed by atoms with Crippen molar-refractivity contribution in [3.05, 3.63) is 44.5 Å². The number of rotatable bonds is 4. The molecule has 2 rings (SSSR count). The fourth-order valence-corrected chi connectivity index (χ4v) is 4.16. The van der Waals surface area contributed by atoms with Crippen LogP contribution in [0.5, 0.6) is 0 Å². The molecule has 106 valence electrons. The molecule has 2 aromatic heterocycles. The van der Waals surface area contributed by atoms with Crippen molar-refractivity contribution in [2.24, 2.45) is 0 Å². The van der Waals surface area contributed by atoms with Crippen LogP contribution in [0.15, 0.2) is 28.6 Å². The third kappa shape index (κ3) is 2.89. The number of hydrogen-bond acceptors (Lipinski definition) is 6. The summed E-state index contributed by atoms with van der Waals surface area (Å²) in [5.41, 5.74) is 0.368. The standard InChI is InChI=1S/C10H8ClN3O4S2/c1-6-7(3-2-4-12-6)13-20(17,18)9-5-8(14(15)16)10(11)19-9/h2-5,13H,1H3. The smallest absolute Gasteiger partial charge is 0.277 e. The van der Waals surface area contributed by atoms with Crippen molar-refractivity contribution in [2.45, 2.75) is 11.1 Å². The minimum Gasteiger partial charge on any atom is -0.277 e. The average Bonchev–Trinajstić information content (AvgIpc) is 2.75. The number of nitro groups is 1. The molecule has 10 heteroatoms. The molecule has 20 heavy (non-hydrogen) atoms. The maximum Gasteiger partial charge on any atom is 0.300 e. The first-order chi connectivity index (χ1) is 9.31. The molecule has 0 aromatic carbocycles. The van der Waals surface area contributed by atoms with E-state index in [2.05, 4.69) is 9.71 Å². The predicted octanol–water partition coefficient (Wildman–Crippen LogP) is 2.81. The molecule has 0 unspecified atom stereocenters. The van der Waals surface area contributed by atoms with Crippen LogP contribution in [0, 0.1) is 17.0 Å². The topological polar surface area (TPSA) is 102 Å². The van der Waals surface area contributed by atoms with Crippen LogP contribution in [0.2, 0.25) is 4.34 Å². The summed E-state index contributed by atoms with van der Waals surface area (Å²) in [6.45, 7) is 1.64. The Kier molecular flexibility index (Phi) is 3.93. The van der Waals surface area contributed by atoms with Crippen molar-refractivity contribution in [2.75, 3.05) is 4.72 Å². The van der Waals surface area contributed by atoms with Gasteiger partial charge < -0.3 is 0 Å². The molecule has 1 N–H and O–H groups in total. The van der Waals surface area contributed by atoms with E-state index in [0.29, 0.717) is 22.7 Å². The van der Waals surface area contributed by atoms with E-state index in [1.165, 1.54) is 6.20 Å². The van der Waals surface area contributed by atoms with E-state index in [-0.39, 0.29) is 8.55 Å². The number of pyridine rings is 1. The predicted molar refractivity (Wildman–Crippen MR) is 75.8 cm³/mol. The molecule has 0 saturated carbocycles. The van der Waals surface area contributed by atoms with Crippen LogP contribution in [-0.2, 0) is 10.0 Å². The van der Waals surface area contributed by atoms with Crippen molar-refractivity contribution in [1.29, 1.82) is 0 Å². The van der Waals surface area contributed by atoms with Crippen molar-refractivity contribution in [3.8, 4) is 0 Å². The minimum atomic E-state index is -3.93. The Hall–Kier alpha value is -1.71. The number of nitrogens with one attached hydrogen (secondary N) is 1. The summed E-state index contributed by atoms with van der Waals surface area (Å²) in [4.78, 5) is 13.9. The number of aryl methyl sites for hydroxylation is 1. The van der Waals surface area contributed by atoms with Gasteiger partial charge in [-0.3, -0.25) is 19.8 Å². The normalized spacial score (nSPS) is 11.3. The quantitative estimate of drug-likeness (QED) is 0.684. The van der Waals surface area contributed by atoms with E-state index in [1.807, 2.05) is 0 Å². The van der Waals surface area contributed by atoms with Crippen LogP contribution in [0.1, 0.15) is 5.69 Å². The molecule has 2 heterocycles. The maximum atomic E-state index is 12.1. The van der Waals surface area contributed by atoms with Gasteiger partial charge in [-0.25, -0.2) is 8.42 Å². The van der Waals surface area contributed by atoms with Gasteiger partial charge in [-0.15, -0.1) is 11.3 Å². The molecule has 0 fully saturated rings. The Morgan fingerprint density at radius 2 is 2.20 bits per heavy atom. The Balaban J connectivity index is 2.39. The Morgan fingerprint density at radius 1 is 1.50 bits per heavy atom. The summed E-state index contributed by atoms with van der Waals surface area (Å²) >= 11 is 6.28. The van der Waals surface area contributed by atoms with E-state index < -0.39 is 20.6 Å². The number of thiophene rings is 1. The summed E-state index contributed by atoms with van der Waals surface area (Å²) < 4.78 is 26.2. The highest BCUT2D eigenvalue weighted by molar-refractivity contribution is 7.94. The highest BCUT2D eigenvalue weighted by Crippen LogP contribution is 2.36. The molecule has 0 spiro atoms. The van der Waals surface area contributed by atoms with Crippen LogP contribution in [0.3, 0.4) is 0 Å². The fourth-order valence-electron chi connectivity index (χ4n) is 1.38. The number of sulfonamides is 1. The van der Waals surface area contributed by atoms with Crippen LogP contribution in [-0.4, -0.2) is 18.3 Å². The lowest BCUT2D eigenvalue weighted by atomic mass is 10.3. The van der Waals surface area contributed by atoms with Crippen LogP contribution >= 0.6 is 22.9 Å². The van der Waals surface area contributed by atoms with Gasteiger partial charge in [-0.1, -0.05) is 11.6 Å². The van der Waals surface area contributed by atoms with E-state index >= 15 is 0 Å². The molecule has 2 aromatic rings. The largest absolute Gasteiger partial charge is 0.300 e. The Labute approximate surface area is 123 Å². The van der Waals surface area contributed by atoms with Gasteiger partial charge in [-0.05, 0) is 19.1 Å². The summed E-state index contributed by atoms with van der Waals surface area (Å²) in [5, 5.41) is 10.7. The van der Waals surface area contributed by atoms with E-state index in [0.717, 1.165) is 6.07 Å². The molecule has 0 aliphatic heterocycles. The highest BCUT2D eigenvalue weighted by Gasteiger charge is 2.25. The van der Waals surface area contributed by atoms with Crippen molar-refractivity contribution >= 4 is 44.3 Å². The first-order valence-electron chi connectivity index (χ1n) is 5.19. The van der Waals surface area contributed by atoms with Gasteiger partial charge in [0.1, 0.15) is 4.21 Å². The Morgan fingerprint density at radius 3 is 2.75 bits per heavy atom. The Bertz CT molecular complexity index is 773. The van der Waals surface area contributed by atoms with Gasteiger partial charge in [0.2, 0.25) is 0 Å². The zero-order valence-electron chi connectivity index (χ0n) is 10.0. The number of hydrogen-bond donors (Lipinski definition) is 1. The van der Waals surface area contributed by atoms with Gasteiger partial charge in [0, 0.05) is 12.3 Å². The molecule has 0 atom stereocenters. The fraction of sp³-hybridized carbons (Fsp3) is 0.100. The lowest BCUT2D eigenvalue weighted by molar-refractivity contribution is -0.384. The van der Waals surface area contributed by atoms with E-state index in [9.17, 15) is 18.5 Å². The summed E-state index contributed by atoms with van der Waals surface area (Å²) in [6.07, 6.45) is 1.53. The second kappa shape index (κ2) is 5.35. The average molecular weight is 334 g/mol. The highest BCUT2D eigenvalue weighted by atomic mass is 35.5. The molecule has 0 aliphatic carbocycles. The van der Waals surface area contributed by atoms with Gasteiger partial charge in [0.15, 0.2) is 4.34 Å². The van der Waals surface area contributed by atoms with Crippen molar-refractivity contribution < 1.29 is 13.3 Å². The summed E-state index contributed by atoms with van der Waals surface area (Å²) in [6, 6.07) is 4.05. The van der Waals surface area contributed by atoms with Gasteiger partial charge in [-0.2, -0.15) is 0 Å². The second-order valence-corrected chi connectivity index (χ2v) is 7.29. The summed E-state index contributed by atoms with van der Waals surface area (Å²) in [5.74, 6) is 0. The van der Waals surface area contributed by atoms with Crippen LogP contribution < -0.4 is 4.72 Å². The van der Waals surface area contributed by atoms with Gasteiger partial charge in [0.25, 0.3) is 15.7 Å². The summed E-state index contributed by atoms with van der Waals surface area (Å²) in [7, 11) is -3.93. The number of halogens is 1. The first-order valence-corrected chi connectivity index (χ1v) is 7.87. The molecule has 0 saturated heterocycles. The zero-order valence-corrected chi connectivity index (χ0v) is 12.4. The first kappa shape index (κ1) is 14.7. The second-order valence-electron chi connectivity index (χ2n) is 3.72. The third-order valence-electron chi connectivity index (χ3n) is 2.36. The molecule has 0 bridgehead atoms. The molecular formula is C10H8ClN3O4S2. The molecule has 0 radical (unpaired) electrons. The third-order valence-corrected chi connectivity index (χ3v) is 5.54. The number of anilines is 1.